The molecule has 1 aromatic carbocycles. The standard InChI is InChI=1S/C27H30N6O6/c1-26(6-8-27(2,9-7-26)25(37)38)15-29-24(36)19-12-18(31-21-5-10-30-33(19)21)23(35)28-13-16-3-4-20-17(11-16)32-22(34)14-39-20/h3-5,10-12H,6-9,13-15H2,1-2H3,(H,28,35)(H,29,36)(H,32,34)(H,37,38). The number of carboxylic acid groups (broad SMARTS) is 1. The van der Waals surface area contributed by atoms with Crippen molar-refractivity contribution in [2.24, 2.45) is 10.8 Å². The average Bonchev–Trinajstić information content (AvgIpc) is 3.40. The van der Waals surface area contributed by atoms with Gasteiger partial charge in [0, 0.05) is 25.2 Å². The van der Waals surface area contributed by atoms with Crippen molar-refractivity contribution >= 4 is 35.0 Å². The minimum absolute atomic E-state index is 0.0366. The number of carboxylic acids is 1. The van der Waals surface area contributed by atoms with Crippen molar-refractivity contribution in [1.29, 1.82) is 0 Å². The summed E-state index contributed by atoms with van der Waals surface area (Å²) < 4.78 is 6.74. The number of ether oxygens (including phenoxy) is 1. The van der Waals surface area contributed by atoms with Crippen LogP contribution in [-0.2, 0) is 16.1 Å². The molecule has 12 nitrogen and oxygen atoms in total. The zero-order chi connectivity index (χ0) is 27.8. The van der Waals surface area contributed by atoms with Crippen molar-refractivity contribution in [3.8, 4) is 5.75 Å². The number of aliphatic carboxylic acids is 1. The van der Waals surface area contributed by atoms with Crippen molar-refractivity contribution in [3.05, 3.63) is 53.5 Å². The van der Waals surface area contributed by atoms with Crippen LogP contribution in [0.5, 0.6) is 5.75 Å². The topological polar surface area (TPSA) is 164 Å². The molecule has 0 saturated heterocycles. The van der Waals surface area contributed by atoms with Crippen LogP contribution in [0.25, 0.3) is 5.65 Å². The molecule has 0 atom stereocenters. The molecule has 39 heavy (non-hydrogen) atoms. The van der Waals surface area contributed by atoms with Crippen LogP contribution in [0.2, 0.25) is 0 Å². The van der Waals surface area contributed by atoms with E-state index < -0.39 is 23.2 Å². The molecule has 204 valence electrons. The number of nitrogens with one attached hydrogen (secondary N) is 3. The Labute approximate surface area is 224 Å². The zero-order valence-electron chi connectivity index (χ0n) is 21.7. The predicted octanol–water partition coefficient (Wildman–Crippen LogP) is 2.39. The van der Waals surface area contributed by atoms with Crippen LogP contribution in [0.1, 0.15) is 66.1 Å². The van der Waals surface area contributed by atoms with E-state index in [1.54, 1.807) is 31.2 Å². The van der Waals surface area contributed by atoms with Gasteiger partial charge in [-0.15, -0.1) is 0 Å². The van der Waals surface area contributed by atoms with E-state index in [1.807, 2.05) is 6.92 Å². The summed E-state index contributed by atoms with van der Waals surface area (Å²) in [6.45, 7) is 4.31. The quantitative estimate of drug-likeness (QED) is 0.359. The first-order chi connectivity index (χ1) is 18.6. The maximum Gasteiger partial charge on any atom is 0.309 e. The summed E-state index contributed by atoms with van der Waals surface area (Å²) in [5, 5.41) is 22.2. The number of fused-ring (bicyclic) bond motifs is 2. The smallest absolute Gasteiger partial charge is 0.309 e. The number of hydrogen-bond acceptors (Lipinski definition) is 7. The number of rotatable bonds is 7. The van der Waals surface area contributed by atoms with Crippen LogP contribution in [-0.4, -0.2) is 56.5 Å². The number of anilines is 1. The SMILES string of the molecule is CC1(CNC(=O)c2cc(C(=O)NCc3ccc4c(c3)NC(=O)CO4)nc3ccnn23)CCC(C)(C(=O)O)CC1. The highest BCUT2D eigenvalue weighted by Crippen LogP contribution is 2.45. The molecule has 3 heterocycles. The normalized spacial score (nSPS) is 22.4. The molecule has 1 saturated carbocycles. The first kappa shape index (κ1) is 26.1. The molecule has 5 rings (SSSR count). The van der Waals surface area contributed by atoms with E-state index in [1.165, 1.54) is 16.8 Å². The molecular weight excluding hydrogens is 504 g/mol. The van der Waals surface area contributed by atoms with Gasteiger partial charge in [-0.2, -0.15) is 5.10 Å². The van der Waals surface area contributed by atoms with Crippen LogP contribution in [0.15, 0.2) is 36.5 Å². The number of benzene rings is 1. The van der Waals surface area contributed by atoms with E-state index in [4.69, 9.17) is 4.74 Å². The number of aromatic nitrogens is 3. The Morgan fingerprint density at radius 1 is 1.08 bits per heavy atom. The molecule has 2 aliphatic rings. The van der Waals surface area contributed by atoms with E-state index in [-0.39, 0.29) is 35.9 Å². The minimum Gasteiger partial charge on any atom is -0.482 e. The van der Waals surface area contributed by atoms with E-state index in [0.29, 0.717) is 49.3 Å². The molecule has 2 aromatic heterocycles. The molecule has 3 aromatic rings. The highest BCUT2D eigenvalue weighted by atomic mass is 16.5. The fourth-order valence-corrected chi connectivity index (χ4v) is 4.88. The van der Waals surface area contributed by atoms with Crippen LogP contribution < -0.4 is 20.7 Å². The van der Waals surface area contributed by atoms with Gasteiger partial charge in [0.05, 0.1) is 17.3 Å². The van der Waals surface area contributed by atoms with Gasteiger partial charge in [-0.05, 0) is 55.7 Å². The van der Waals surface area contributed by atoms with Crippen molar-refractivity contribution in [3.63, 3.8) is 0 Å². The molecule has 3 amide bonds. The van der Waals surface area contributed by atoms with Crippen LogP contribution in [0.4, 0.5) is 5.69 Å². The second kappa shape index (κ2) is 10.0. The number of hydrogen-bond donors (Lipinski definition) is 4. The fourth-order valence-electron chi connectivity index (χ4n) is 4.88. The number of amides is 3. The number of nitrogens with zero attached hydrogens (tertiary/aromatic N) is 3. The van der Waals surface area contributed by atoms with Crippen molar-refractivity contribution in [2.75, 3.05) is 18.5 Å². The third-order valence-corrected chi connectivity index (χ3v) is 7.71. The third-order valence-electron chi connectivity index (χ3n) is 7.71. The van der Waals surface area contributed by atoms with Gasteiger partial charge in [0.15, 0.2) is 12.3 Å². The van der Waals surface area contributed by atoms with Gasteiger partial charge in [0.1, 0.15) is 17.1 Å². The van der Waals surface area contributed by atoms with Gasteiger partial charge < -0.3 is 25.8 Å². The second-order valence-electron chi connectivity index (χ2n) is 10.8. The Hall–Kier alpha value is -4.48. The predicted molar refractivity (Wildman–Crippen MR) is 139 cm³/mol. The third kappa shape index (κ3) is 5.40. The fraction of sp³-hybridized carbons (Fsp3) is 0.407. The van der Waals surface area contributed by atoms with Gasteiger partial charge in [-0.25, -0.2) is 9.50 Å². The molecule has 0 bridgehead atoms. The summed E-state index contributed by atoms with van der Waals surface area (Å²) in [7, 11) is 0. The molecule has 0 unspecified atom stereocenters. The summed E-state index contributed by atoms with van der Waals surface area (Å²) in [6, 6.07) is 8.24. The molecule has 4 N–H and O–H groups in total. The second-order valence-corrected chi connectivity index (χ2v) is 10.8. The van der Waals surface area contributed by atoms with Crippen molar-refractivity contribution in [2.45, 2.75) is 46.1 Å². The van der Waals surface area contributed by atoms with Gasteiger partial charge >= 0.3 is 5.97 Å². The number of carbonyl (C=O) groups is 4. The monoisotopic (exact) mass is 534 g/mol. The van der Waals surface area contributed by atoms with Gasteiger partial charge in [0.2, 0.25) is 0 Å². The van der Waals surface area contributed by atoms with Crippen LogP contribution >= 0.6 is 0 Å². The molecular formula is C27H30N6O6. The van der Waals surface area contributed by atoms with E-state index in [2.05, 4.69) is 26.0 Å². The Morgan fingerprint density at radius 2 is 1.85 bits per heavy atom. The highest BCUT2D eigenvalue weighted by Gasteiger charge is 2.42. The number of carbonyl (C=O) groups excluding carboxylic acids is 3. The summed E-state index contributed by atoms with van der Waals surface area (Å²) in [4.78, 5) is 53.7. The first-order valence-electron chi connectivity index (χ1n) is 12.8. The first-order valence-corrected chi connectivity index (χ1v) is 12.8. The largest absolute Gasteiger partial charge is 0.482 e. The van der Waals surface area contributed by atoms with Gasteiger partial charge in [-0.3, -0.25) is 19.2 Å². The molecule has 0 radical (unpaired) electrons. The lowest BCUT2D eigenvalue weighted by atomic mass is 9.65. The summed E-state index contributed by atoms with van der Waals surface area (Å²) in [6.07, 6.45) is 3.94. The lowest BCUT2D eigenvalue weighted by Crippen LogP contribution is -2.42. The Morgan fingerprint density at radius 3 is 2.59 bits per heavy atom. The van der Waals surface area contributed by atoms with Gasteiger partial charge in [-0.1, -0.05) is 13.0 Å². The highest BCUT2D eigenvalue weighted by molar-refractivity contribution is 5.98. The maximum atomic E-state index is 13.2. The lowest BCUT2D eigenvalue weighted by molar-refractivity contribution is -0.151. The molecule has 1 aliphatic heterocycles. The van der Waals surface area contributed by atoms with Crippen molar-refractivity contribution < 1.29 is 29.0 Å². The average molecular weight is 535 g/mol. The Bertz CT molecular complexity index is 1470. The molecule has 0 spiro atoms. The molecule has 12 heteroatoms. The van der Waals surface area contributed by atoms with Crippen LogP contribution in [0.3, 0.4) is 0 Å². The van der Waals surface area contributed by atoms with E-state index >= 15 is 0 Å². The molecule has 1 aliphatic carbocycles. The Balaban J connectivity index is 1.26. The lowest BCUT2D eigenvalue weighted by Gasteiger charge is -2.41. The summed E-state index contributed by atoms with van der Waals surface area (Å²) in [5.74, 6) is -1.35. The summed E-state index contributed by atoms with van der Waals surface area (Å²) >= 11 is 0. The minimum atomic E-state index is -0.787. The van der Waals surface area contributed by atoms with E-state index in [9.17, 15) is 24.3 Å². The van der Waals surface area contributed by atoms with Crippen LogP contribution in [0, 0.1) is 10.8 Å². The molecule has 1 fully saturated rings. The maximum absolute atomic E-state index is 13.2. The Kier molecular flexibility index (Phi) is 6.71. The van der Waals surface area contributed by atoms with E-state index in [0.717, 1.165) is 5.56 Å². The van der Waals surface area contributed by atoms with Gasteiger partial charge in [0.25, 0.3) is 17.7 Å². The zero-order valence-corrected chi connectivity index (χ0v) is 21.7. The summed E-state index contributed by atoms with van der Waals surface area (Å²) in [5.41, 5.74) is 0.885. The van der Waals surface area contributed by atoms with Crippen molar-refractivity contribution in [1.82, 2.24) is 25.2 Å².